The molecular formula is C36H30Ge2Se2. The first-order valence-electron chi connectivity index (χ1n) is 13.1. The van der Waals surface area contributed by atoms with Crippen molar-refractivity contribution in [3.63, 3.8) is 0 Å². The molecule has 0 aliphatic heterocycles. The second-order valence-electron chi connectivity index (χ2n) is 8.95. The van der Waals surface area contributed by atoms with Gasteiger partial charge >= 0.3 is 265 Å². The molecule has 0 bridgehead atoms. The van der Waals surface area contributed by atoms with Gasteiger partial charge < -0.3 is 0 Å². The van der Waals surface area contributed by atoms with Gasteiger partial charge in [-0.2, -0.15) is 0 Å². The minimum atomic E-state index is -1.63. The van der Waals surface area contributed by atoms with Crippen molar-refractivity contribution in [2.45, 2.75) is 0 Å². The molecule has 6 rings (SSSR count). The van der Waals surface area contributed by atoms with Gasteiger partial charge in [0, 0.05) is 0 Å². The van der Waals surface area contributed by atoms with Gasteiger partial charge in [-0.1, -0.05) is 0 Å². The fourth-order valence-electron chi connectivity index (χ4n) is 4.63. The zero-order valence-corrected chi connectivity index (χ0v) is 29.8. The molecule has 0 aromatic heterocycles. The molecule has 0 saturated heterocycles. The number of rotatable bonds is 6. The number of benzene rings is 6. The summed E-state index contributed by atoms with van der Waals surface area (Å²) in [7, 11) is 0. The quantitative estimate of drug-likeness (QED) is 0.228. The number of hydrogen-bond acceptors (Lipinski definition) is 0. The van der Waals surface area contributed by atoms with E-state index in [1.807, 2.05) is 0 Å². The first kappa shape index (κ1) is 30.4. The maximum absolute atomic E-state index is 2.50. The van der Waals surface area contributed by atoms with E-state index in [0.29, 0.717) is 0 Å². The summed E-state index contributed by atoms with van der Waals surface area (Å²) >= 11 is 1.74. The molecule has 0 heterocycles. The molecule has 4 heteroatoms. The molecule has 0 nitrogen and oxygen atoms in total. The third kappa shape index (κ3) is 8.72. The molecule has 0 aliphatic carbocycles. The Labute approximate surface area is 263 Å². The Kier molecular flexibility index (Phi) is 13.2. The number of hydrogen-bond donors (Lipinski definition) is 0. The van der Waals surface area contributed by atoms with E-state index in [1.165, 1.54) is 26.4 Å². The van der Waals surface area contributed by atoms with Crippen molar-refractivity contribution in [3.05, 3.63) is 182 Å². The Morgan fingerprint density at radius 1 is 0.225 bits per heavy atom. The van der Waals surface area contributed by atoms with Crippen LogP contribution in [0.25, 0.3) is 0 Å². The third-order valence-corrected chi connectivity index (χ3v) is 17.8. The van der Waals surface area contributed by atoms with Gasteiger partial charge in [-0.05, 0) is 0 Å². The second-order valence-corrected chi connectivity index (χ2v) is 19.4. The average molecular weight is 766 g/mol. The van der Waals surface area contributed by atoms with Crippen molar-refractivity contribution in [1.82, 2.24) is 0 Å². The molecule has 0 spiro atoms. The molecule has 6 aromatic carbocycles. The zero-order chi connectivity index (χ0) is 27.8. The van der Waals surface area contributed by atoms with Gasteiger partial charge in [0.05, 0.1) is 0 Å². The van der Waals surface area contributed by atoms with Crippen LogP contribution in [0.3, 0.4) is 0 Å². The fraction of sp³-hybridized carbons (Fsp3) is 0. The standard InChI is InChI=1S/2C18H15Ge.Se2/c2*1-4-10-16(11-5-1)19(17-12-6-2-7-13-17)18-14-8-3-9-15-18;1-2/h2*1-15H;. The fourth-order valence-corrected chi connectivity index (χ4v) is 15.4. The van der Waals surface area contributed by atoms with Crippen molar-refractivity contribution >= 4 is 83.4 Å². The summed E-state index contributed by atoms with van der Waals surface area (Å²) in [5, 5.41) is 0. The van der Waals surface area contributed by atoms with Gasteiger partial charge in [0.1, 0.15) is 0 Å². The zero-order valence-electron chi connectivity index (χ0n) is 22.1. The third-order valence-electron chi connectivity index (χ3n) is 6.37. The summed E-state index contributed by atoms with van der Waals surface area (Å²) in [4.78, 5) is 0. The Balaban J connectivity index is 0.000000174. The summed E-state index contributed by atoms with van der Waals surface area (Å²) in [6.07, 6.45) is 0. The van der Waals surface area contributed by atoms with Gasteiger partial charge in [-0.25, -0.2) is 0 Å². The molecule has 0 aliphatic rings. The van der Waals surface area contributed by atoms with E-state index < -0.39 is 28.7 Å². The Bertz CT molecular complexity index is 1180. The van der Waals surface area contributed by atoms with E-state index in [1.54, 1.807) is 0 Å². The second kappa shape index (κ2) is 17.3. The molecule has 0 fully saturated rings. The molecule has 0 atom stereocenters. The van der Waals surface area contributed by atoms with E-state index >= 15 is 0 Å². The van der Waals surface area contributed by atoms with Crippen LogP contribution < -0.4 is 26.4 Å². The van der Waals surface area contributed by atoms with Crippen LogP contribution >= 0.6 is 0 Å². The van der Waals surface area contributed by atoms with E-state index in [9.17, 15) is 0 Å². The van der Waals surface area contributed by atoms with Crippen LogP contribution in [0.2, 0.25) is 0 Å². The SMILES string of the molecule is [Se][Se].c1cc[c]([Ge]([c]2ccccc2)[c]2ccccc2)cc1.c1cc[c]([Ge]([c]2ccccc2)[c]2ccccc2)cc1. The van der Waals surface area contributed by atoms with Crippen LogP contribution in [-0.2, 0) is 0 Å². The van der Waals surface area contributed by atoms with Gasteiger partial charge in [0.25, 0.3) is 0 Å². The van der Waals surface area contributed by atoms with Crippen LogP contribution in [-0.4, -0.2) is 57.1 Å². The average Bonchev–Trinajstić information content (AvgIpc) is 3.06. The van der Waals surface area contributed by atoms with E-state index in [2.05, 4.69) is 210 Å². The van der Waals surface area contributed by atoms with Crippen LogP contribution in [0.4, 0.5) is 0 Å². The van der Waals surface area contributed by atoms with Crippen LogP contribution in [0.5, 0.6) is 0 Å². The van der Waals surface area contributed by atoms with Crippen molar-refractivity contribution in [3.8, 4) is 0 Å². The predicted octanol–water partition coefficient (Wildman–Crippen LogP) is 3.64. The Hall–Kier alpha value is -2.56. The van der Waals surface area contributed by atoms with Crippen molar-refractivity contribution in [2.75, 3.05) is 0 Å². The molecule has 4 radical (unpaired) electrons. The van der Waals surface area contributed by atoms with E-state index in [0.717, 1.165) is 0 Å². The van der Waals surface area contributed by atoms with Crippen molar-refractivity contribution < 1.29 is 0 Å². The van der Waals surface area contributed by atoms with Gasteiger partial charge in [0.2, 0.25) is 0 Å². The van der Waals surface area contributed by atoms with E-state index in [4.69, 9.17) is 0 Å². The molecular weight excluding hydrogens is 736 g/mol. The summed E-state index contributed by atoms with van der Waals surface area (Å²) in [6.45, 7) is 0. The van der Waals surface area contributed by atoms with Gasteiger partial charge in [0.15, 0.2) is 0 Å². The molecule has 6 aromatic rings. The minimum absolute atomic E-state index is 1.50. The summed E-state index contributed by atoms with van der Waals surface area (Å²) in [5.41, 5.74) is 0. The monoisotopic (exact) mass is 770 g/mol. The van der Waals surface area contributed by atoms with Crippen LogP contribution in [0, 0.1) is 0 Å². The maximum atomic E-state index is 2.50. The first-order chi connectivity index (χ1) is 19.9. The van der Waals surface area contributed by atoms with Crippen molar-refractivity contribution in [2.24, 2.45) is 0 Å². The molecule has 40 heavy (non-hydrogen) atoms. The Morgan fingerprint density at radius 3 is 0.475 bits per heavy atom. The van der Waals surface area contributed by atoms with Crippen LogP contribution in [0.1, 0.15) is 0 Å². The first-order valence-corrected chi connectivity index (χ1v) is 23.8. The summed E-state index contributed by atoms with van der Waals surface area (Å²) < 4.78 is 9.00. The molecule has 194 valence electrons. The molecule has 0 unspecified atom stereocenters. The topological polar surface area (TPSA) is 0 Å². The molecule has 0 amide bonds. The predicted molar refractivity (Wildman–Crippen MR) is 179 cm³/mol. The van der Waals surface area contributed by atoms with E-state index in [-0.39, 0.29) is 0 Å². The normalized spacial score (nSPS) is 10.2. The molecule has 0 N–H and O–H groups in total. The van der Waals surface area contributed by atoms with Gasteiger partial charge in [-0.15, -0.1) is 0 Å². The Morgan fingerprint density at radius 2 is 0.350 bits per heavy atom. The molecule has 0 saturated carbocycles. The van der Waals surface area contributed by atoms with Crippen LogP contribution in [0.15, 0.2) is 182 Å². The van der Waals surface area contributed by atoms with Gasteiger partial charge in [-0.3, -0.25) is 0 Å². The van der Waals surface area contributed by atoms with Crippen molar-refractivity contribution in [1.29, 1.82) is 0 Å². The summed E-state index contributed by atoms with van der Waals surface area (Å²) in [6, 6.07) is 65.6. The summed E-state index contributed by atoms with van der Waals surface area (Å²) in [5.74, 6) is 0.